The van der Waals surface area contributed by atoms with Gasteiger partial charge in [-0.15, -0.1) is 0 Å². The van der Waals surface area contributed by atoms with Gasteiger partial charge in [-0.2, -0.15) is 0 Å². The molecule has 0 atom stereocenters. The number of carbonyl (C=O) groups excluding carboxylic acids is 1. The quantitative estimate of drug-likeness (QED) is 0.623. The van der Waals surface area contributed by atoms with Gasteiger partial charge in [-0.1, -0.05) is 0 Å². The van der Waals surface area contributed by atoms with Crippen molar-refractivity contribution < 1.29 is 4.79 Å². The fourth-order valence-electron chi connectivity index (χ4n) is 1.59. The van der Waals surface area contributed by atoms with Crippen LogP contribution in [-0.2, 0) is 0 Å². The summed E-state index contributed by atoms with van der Waals surface area (Å²) in [4.78, 5) is 15.2. The highest BCUT2D eigenvalue weighted by molar-refractivity contribution is 5.73. The molecule has 1 heterocycles. The number of amides is 2. The van der Waals surface area contributed by atoms with E-state index in [1.165, 1.54) is 0 Å². The smallest absolute Gasteiger partial charge is 0.316 e. The lowest BCUT2D eigenvalue weighted by Gasteiger charge is -2.27. The molecule has 1 aliphatic heterocycles. The van der Waals surface area contributed by atoms with Crippen LogP contribution in [0.2, 0.25) is 0 Å². The summed E-state index contributed by atoms with van der Waals surface area (Å²) < 4.78 is 0. The van der Waals surface area contributed by atoms with Crippen LogP contribution in [0.1, 0.15) is 6.42 Å². The third-order valence-corrected chi connectivity index (χ3v) is 2.54. The molecule has 2 amide bonds. The zero-order chi connectivity index (χ0) is 11.1. The molecule has 0 aromatic rings. The summed E-state index contributed by atoms with van der Waals surface area (Å²) in [6.45, 7) is 6.27. The summed E-state index contributed by atoms with van der Waals surface area (Å²) in [5, 5.41) is 6.19. The van der Waals surface area contributed by atoms with Gasteiger partial charge in [0.05, 0.1) is 0 Å². The van der Waals surface area contributed by atoms with Crippen molar-refractivity contribution in [2.45, 2.75) is 6.42 Å². The van der Waals surface area contributed by atoms with E-state index in [0.29, 0.717) is 0 Å². The molecule has 0 bridgehead atoms. The van der Waals surface area contributed by atoms with Gasteiger partial charge in [0.15, 0.2) is 0 Å². The maximum atomic E-state index is 11.2. The SMILES string of the molecule is CN(C)C(=O)NCCCN1CCNCC1. The van der Waals surface area contributed by atoms with Gasteiger partial charge in [0, 0.05) is 46.8 Å². The van der Waals surface area contributed by atoms with Crippen molar-refractivity contribution in [1.82, 2.24) is 20.4 Å². The number of nitrogens with zero attached hydrogens (tertiary/aromatic N) is 2. The second-order valence-corrected chi connectivity index (χ2v) is 4.07. The van der Waals surface area contributed by atoms with Crippen molar-refractivity contribution >= 4 is 6.03 Å². The first-order chi connectivity index (χ1) is 7.20. The topological polar surface area (TPSA) is 47.6 Å². The Labute approximate surface area is 91.8 Å². The highest BCUT2D eigenvalue weighted by Gasteiger charge is 2.08. The van der Waals surface area contributed by atoms with Crippen LogP contribution in [0.25, 0.3) is 0 Å². The number of hydrogen-bond donors (Lipinski definition) is 2. The Hall–Kier alpha value is -0.810. The van der Waals surface area contributed by atoms with E-state index in [1.54, 1.807) is 19.0 Å². The average Bonchev–Trinajstić information content (AvgIpc) is 2.25. The van der Waals surface area contributed by atoms with E-state index in [-0.39, 0.29) is 6.03 Å². The van der Waals surface area contributed by atoms with E-state index in [0.717, 1.165) is 45.7 Å². The molecular weight excluding hydrogens is 192 g/mol. The van der Waals surface area contributed by atoms with E-state index in [1.807, 2.05) is 0 Å². The maximum Gasteiger partial charge on any atom is 0.316 e. The molecule has 1 aliphatic rings. The van der Waals surface area contributed by atoms with E-state index in [4.69, 9.17) is 0 Å². The van der Waals surface area contributed by atoms with Crippen LogP contribution in [0.3, 0.4) is 0 Å². The molecule has 0 aromatic carbocycles. The number of hydrogen-bond acceptors (Lipinski definition) is 3. The molecule has 5 nitrogen and oxygen atoms in total. The van der Waals surface area contributed by atoms with E-state index in [2.05, 4.69) is 15.5 Å². The normalized spacial score (nSPS) is 17.5. The van der Waals surface area contributed by atoms with Crippen molar-refractivity contribution in [3.8, 4) is 0 Å². The van der Waals surface area contributed by atoms with Crippen LogP contribution >= 0.6 is 0 Å². The van der Waals surface area contributed by atoms with Gasteiger partial charge >= 0.3 is 6.03 Å². The molecular formula is C10H22N4O. The van der Waals surface area contributed by atoms with Gasteiger partial charge in [0.25, 0.3) is 0 Å². The lowest BCUT2D eigenvalue weighted by molar-refractivity contribution is 0.213. The van der Waals surface area contributed by atoms with Gasteiger partial charge < -0.3 is 20.4 Å². The van der Waals surface area contributed by atoms with Crippen LogP contribution in [0.15, 0.2) is 0 Å². The summed E-state index contributed by atoms with van der Waals surface area (Å²) >= 11 is 0. The molecule has 0 spiro atoms. The summed E-state index contributed by atoms with van der Waals surface area (Å²) in [6.07, 6.45) is 1.03. The largest absolute Gasteiger partial charge is 0.338 e. The van der Waals surface area contributed by atoms with Gasteiger partial charge in [-0.25, -0.2) is 4.79 Å². The average molecular weight is 214 g/mol. The van der Waals surface area contributed by atoms with Crippen molar-refractivity contribution in [1.29, 1.82) is 0 Å². The van der Waals surface area contributed by atoms with Crippen molar-refractivity contribution in [3.05, 3.63) is 0 Å². The number of nitrogens with one attached hydrogen (secondary N) is 2. The lowest BCUT2D eigenvalue weighted by atomic mass is 10.3. The first kappa shape index (κ1) is 12.3. The lowest BCUT2D eigenvalue weighted by Crippen LogP contribution is -2.44. The minimum atomic E-state index is -0.00434. The van der Waals surface area contributed by atoms with Gasteiger partial charge in [-0.05, 0) is 13.0 Å². The Balaban J connectivity index is 1.98. The molecule has 88 valence electrons. The molecule has 1 fully saturated rings. The summed E-state index contributed by atoms with van der Waals surface area (Å²) in [6, 6.07) is -0.00434. The monoisotopic (exact) mass is 214 g/mol. The Morgan fingerprint density at radius 2 is 2.07 bits per heavy atom. The molecule has 1 rings (SSSR count). The van der Waals surface area contributed by atoms with Crippen molar-refractivity contribution in [2.75, 3.05) is 53.4 Å². The molecule has 0 saturated carbocycles. The third kappa shape index (κ3) is 4.99. The number of urea groups is 1. The van der Waals surface area contributed by atoms with Crippen molar-refractivity contribution in [3.63, 3.8) is 0 Å². The summed E-state index contributed by atoms with van der Waals surface area (Å²) in [7, 11) is 3.51. The first-order valence-corrected chi connectivity index (χ1v) is 5.58. The number of rotatable bonds is 4. The summed E-state index contributed by atoms with van der Waals surface area (Å²) in [5.41, 5.74) is 0. The maximum absolute atomic E-state index is 11.2. The van der Waals surface area contributed by atoms with Crippen LogP contribution < -0.4 is 10.6 Å². The molecule has 0 aliphatic carbocycles. The minimum Gasteiger partial charge on any atom is -0.338 e. The van der Waals surface area contributed by atoms with Gasteiger partial charge in [0.2, 0.25) is 0 Å². The second kappa shape index (κ2) is 6.63. The Morgan fingerprint density at radius 3 is 2.67 bits per heavy atom. The minimum absolute atomic E-state index is 0.00434. The molecule has 1 saturated heterocycles. The van der Waals surface area contributed by atoms with Crippen LogP contribution in [0.4, 0.5) is 4.79 Å². The first-order valence-electron chi connectivity index (χ1n) is 5.58. The molecule has 0 aromatic heterocycles. The molecule has 0 radical (unpaired) electrons. The molecule has 0 unspecified atom stereocenters. The fraction of sp³-hybridized carbons (Fsp3) is 0.900. The highest BCUT2D eigenvalue weighted by atomic mass is 16.2. The van der Waals surface area contributed by atoms with Gasteiger partial charge in [0.1, 0.15) is 0 Å². The predicted molar refractivity (Wildman–Crippen MR) is 61.0 cm³/mol. The van der Waals surface area contributed by atoms with E-state index >= 15 is 0 Å². The molecule has 2 N–H and O–H groups in total. The second-order valence-electron chi connectivity index (χ2n) is 4.07. The molecule has 5 heteroatoms. The Morgan fingerprint density at radius 1 is 1.40 bits per heavy atom. The standard InChI is InChI=1S/C10H22N4O/c1-13(2)10(15)12-4-3-7-14-8-5-11-6-9-14/h11H,3-9H2,1-2H3,(H,12,15). The van der Waals surface area contributed by atoms with E-state index < -0.39 is 0 Å². The summed E-state index contributed by atoms with van der Waals surface area (Å²) in [5.74, 6) is 0. The zero-order valence-electron chi connectivity index (χ0n) is 9.75. The van der Waals surface area contributed by atoms with Crippen LogP contribution in [0.5, 0.6) is 0 Å². The van der Waals surface area contributed by atoms with E-state index in [9.17, 15) is 4.79 Å². The number of piperazine rings is 1. The van der Waals surface area contributed by atoms with Gasteiger partial charge in [-0.3, -0.25) is 0 Å². The third-order valence-electron chi connectivity index (χ3n) is 2.54. The zero-order valence-corrected chi connectivity index (χ0v) is 9.75. The fourth-order valence-corrected chi connectivity index (χ4v) is 1.59. The number of carbonyl (C=O) groups is 1. The van der Waals surface area contributed by atoms with Crippen molar-refractivity contribution in [2.24, 2.45) is 0 Å². The van der Waals surface area contributed by atoms with Crippen LogP contribution in [0, 0.1) is 0 Å². The molecule has 15 heavy (non-hydrogen) atoms. The highest BCUT2D eigenvalue weighted by Crippen LogP contribution is 1.93. The Bertz CT molecular complexity index is 190. The Kier molecular flexibility index (Phi) is 5.42. The van der Waals surface area contributed by atoms with Crippen LogP contribution in [-0.4, -0.2) is 69.2 Å². The predicted octanol–water partition coefficient (Wildman–Crippen LogP) is -0.447.